The molecule has 0 fully saturated rings. The van der Waals surface area contributed by atoms with E-state index in [1.807, 2.05) is 44.2 Å². The van der Waals surface area contributed by atoms with Gasteiger partial charge in [-0.1, -0.05) is 0 Å². The molecule has 0 atom stereocenters. The van der Waals surface area contributed by atoms with Crippen molar-refractivity contribution in [1.82, 2.24) is 0 Å². The van der Waals surface area contributed by atoms with Crippen molar-refractivity contribution < 1.29 is 9.53 Å². The van der Waals surface area contributed by atoms with Crippen molar-refractivity contribution in [2.45, 2.75) is 13.8 Å². The number of carbonyl (C=O) groups is 1. The second kappa shape index (κ2) is 5.23. The molecule has 0 saturated heterocycles. The molecule has 0 saturated carbocycles. The highest BCUT2D eigenvalue weighted by Gasteiger charge is 2.10. The van der Waals surface area contributed by atoms with Crippen LogP contribution in [0.3, 0.4) is 0 Å². The molecule has 1 aromatic heterocycles. The zero-order chi connectivity index (χ0) is 13.1. The van der Waals surface area contributed by atoms with Crippen LogP contribution in [0.1, 0.15) is 20.1 Å². The van der Waals surface area contributed by atoms with E-state index >= 15 is 0 Å². The highest BCUT2D eigenvalue weighted by atomic mass is 32.1. The van der Waals surface area contributed by atoms with Crippen LogP contribution in [0.25, 0.3) is 0 Å². The molecule has 18 heavy (non-hydrogen) atoms. The predicted molar refractivity (Wildman–Crippen MR) is 74.7 cm³/mol. The number of benzene rings is 1. The van der Waals surface area contributed by atoms with Gasteiger partial charge in [0.2, 0.25) is 0 Å². The molecule has 94 valence electrons. The molecular formula is C14H15NO2S. The molecule has 4 heteroatoms. The Kier molecular flexibility index (Phi) is 3.67. The van der Waals surface area contributed by atoms with Crippen molar-refractivity contribution in [2.75, 3.05) is 12.4 Å². The molecule has 1 aromatic carbocycles. The van der Waals surface area contributed by atoms with Crippen LogP contribution in [0.2, 0.25) is 0 Å². The van der Waals surface area contributed by atoms with Crippen LogP contribution in [0.5, 0.6) is 5.75 Å². The van der Waals surface area contributed by atoms with E-state index in [0.29, 0.717) is 0 Å². The van der Waals surface area contributed by atoms with E-state index in [9.17, 15) is 4.79 Å². The average Bonchev–Trinajstić information content (AvgIpc) is 2.71. The summed E-state index contributed by atoms with van der Waals surface area (Å²) < 4.78 is 5.07. The Morgan fingerprint density at radius 1 is 1.22 bits per heavy atom. The lowest BCUT2D eigenvalue weighted by atomic mass is 10.2. The molecule has 0 aliphatic carbocycles. The minimum absolute atomic E-state index is 0.0682. The van der Waals surface area contributed by atoms with Crippen LogP contribution < -0.4 is 10.1 Å². The number of amides is 1. The monoisotopic (exact) mass is 261 g/mol. The number of ether oxygens (including phenoxy) is 1. The van der Waals surface area contributed by atoms with Crippen LogP contribution in [-0.2, 0) is 0 Å². The molecule has 3 nitrogen and oxygen atoms in total. The lowest BCUT2D eigenvalue weighted by Crippen LogP contribution is -2.09. The lowest BCUT2D eigenvalue weighted by Gasteiger charge is -2.04. The van der Waals surface area contributed by atoms with Crippen LogP contribution in [0, 0.1) is 13.8 Å². The predicted octanol–water partition coefficient (Wildman–Crippen LogP) is 3.63. The second-order valence-corrected chi connectivity index (χ2v) is 5.29. The fourth-order valence-corrected chi connectivity index (χ4v) is 2.48. The summed E-state index contributed by atoms with van der Waals surface area (Å²) in [5.41, 5.74) is 1.92. The third-order valence-electron chi connectivity index (χ3n) is 2.74. The van der Waals surface area contributed by atoms with Crippen LogP contribution in [0.15, 0.2) is 30.3 Å². The van der Waals surface area contributed by atoms with Crippen LogP contribution >= 0.6 is 11.3 Å². The van der Waals surface area contributed by atoms with Crippen molar-refractivity contribution >= 4 is 22.9 Å². The van der Waals surface area contributed by atoms with Crippen molar-refractivity contribution in [1.29, 1.82) is 0 Å². The first-order chi connectivity index (χ1) is 8.60. The number of rotatable bonds is 3. The van der Waals surface area contributed by atoms with Gasteiger partial charge in [0.1, 0.15) is 5.75 Å². The van der Waals surface area contributed by atoms with E-state index in [0.717, 1.165) is 21.9 Å². The van der Waals surface area contributed by atoms with E-state index in [1.54, 1.807) is 7.11 Å². The van der Waals surface area contributed by atoms with Gasteiger partial charge in [-0.15, -0.1) is 11.3 Å². The van der Waals surface area contributed by atoms with Gasteiger partial charge in [-0.05, 0) is 49.7 Å². The van der Waals surface area contributed by atoms with Gasteiger partial charge in [-0.2, -0.15) is 0 Å². The summed E-state index contributed by atoms with van der Waals surface area (Å²) >= 11 is 1.51. The molecule has 2 aromatic rings. The normalized spacial score (nSPS) is 10.2. The van der Waals surface area contributed by atoms with E-state index < -0.39 is 0 Å². The van der Waals surface area contributed by atoms with E-state index in [4.69, 9.17) is 4.74 Å². The molecule has 1 amide bonds. The summed E-state index contributed by atoms with van der Waals surface area (Å²) in [7, 11) is 1.62. The fraction of sp³-hybridized carbons (Fsp3) is 0.214. The minimum Gasteiger partial charge on any atom is -0.497 e. The van der Waals surface area contributed by atoms with E-state index in [1.165, 1.54) is 16.2 Å². The summed E-state index contributed by atoms with van der Waals surface area (Å²) in [4.78, 5) is 13.9. The molecule has 0 unspecified atom stereocenters. The molecule has 1 heterocycles. The lowest BCUT2D eigenvalue weighted by molar-refractivity contribution is 0.103. The largest absolute Gasteiger partial charge is 0.497 e. The molecule has 0 bridgehead atoms. The molecule has 0 aliphatic heterocycles. The maximum Gasteiger partial charge on any atom is 0.265 e. The Balaban J connectivity index is 2.10. The highest BCUT2D eigenvalue weighted by Crippen LogP contribution is 2.22. The molecule has 0 aliphatic rings. The summed E-state index contributed by atoms with van der Waals surface area (Å²) in [6.07, 6.45) is 0. The van der Waals surface area contributed by atoms with Crippen molar-refractivity contribution in [2.24, 2.45) is 0 Å². The summed E-state index contributed by atoms with van der Waals surface area (Å²) in [6.45, 7) is 4.03. The number of aryl methyl sites for hydroxylation is 2. The maximum atomic E-state index is 12.0. The van der Waals surface area contributed by atoms with Gasteiger partial charge in [-0.25, -0.2) is 0 Å². The van der Waals surface area contributed by atoms with Crippen LogP contribution in [0.4, 0.5) is 5.69 Å². The van der Waals surface area contributed by atoms with Gasteiger partial charge >= 0.3 is 0 Å². The Bertz CT molecular complexity index is 538. The molecule has 0 radical (unpaired) electrons. The summed E-state index contributed by atoms with van der Waals surface area (Å²) in [6, 6.07) is 9.20. The zero-order valence-corrected chi connectivity index (χ0v) is 11.4. The molecule has 0 spiro atoms. The van der Waals surface area contributed by atoms with Gasteiger partial charge in [0.05, 0.1) is 12.0 Å². The highest BCUT2D eigenvalue weighted by molar-refractivity contribution is 7.14. The van der Waals surface area contributed by atoms with Gasteiger partial charge in [0, 0.05) is 10.6 Å². The van der Waals surface area contributed by atoms with Crippen molar-refractivity contribution in [3.63, 3.8) is 0 Å². The first-order valence-electron chi connectivity index (χ1n) is 5.62. The zero-order valence-electron chi connectivity index (χ0n) is 10.6. The molecule has 1 N–H and O–H groups in total. The topological polar surface area (TPSA) is 38.3 Å². The van der Waals surface area contributed by atoms with E-state index in [-0.39, 0.29) is 5.91 Å². The van der Waals surface area contributed by atoms with Gasteiger partial charge in [0.15, 0.2) is 0 Å². The Hall–Kier alpha value is -1.81. The van der Waals surface area contributed by atoms with Gasteiger partial charge < -0.3 is 10.1 Å². The number of anilines is 1. The third-order valence-corrected chi connectivity index (χ3v) is 3.89. The smallest absolute Gasteiger partial charge is 0.265 e. The maximum absolute atomic E-state index is 12.0. The minimum atomic E-state index is -0.0682. The van der Waals surface area contributed by atoms with Crippen molar-refractivity contribution in [3.05, 3.63) is 45.6 Å². The van der Waals surface area contributed by atoms with Crippen LogP contribution in [-0.4, -0.2) is 13.0 Å². The third kappa shape index (κ3) is 2.71. The van der Waals surface area contributed by atoms with E-state index in [2.05, 4.69) is 5.32 Å². The number of hydrogen-bond acceptors (Lipinski definition) is 3. The quantitative estimate of drug-likeness (QED) is 0.916. The average molecular weight is 261 g/mol. The number of carbonyl (C=O) groups excluding carboxylic acids is 1. The number of hydrogen-bond donors (Lipinski definition) is 1. The summed E-state index contributed by atoms with van der Waals surface area (Å²) in [5.74, 6) is 0.706. The molecule has 2 rings (SSSR count). The Morgan fingerprint density at radius 3 is 2.39 bits per heavy atom. The fourth-order valence-electron chi connectivity index (χ4n) is 1.55. The van der Waals surface area contributed by atoms with Gasteiger partial charge in [-0.3, -0.25) is 4.79 Å². The first-order valence-corrected chi connectivity index (χ1v) is 6.44. The van der Waals surface area contributed by atoms with Crippen molar-refractivity contribution in [3.8, 4) is 5.75 Å². The number of thiophene rings is 1. The first kappa shape index (κ1) is 12.6. The number of methoxy groups -OCH3 is 1. The Labute approximate surface area is 110 Å². The second-order valence-electron chi connectivity index (χ2n) is 4.03. The standard InChI is InChI=1S/C14H15NO2S/c1-9-8-13(18-10(9)2)14(16)15-11-4-6-12(17-3)7-5-11/h4-8H,1-3H3,(H,15,16). The number of nitrogens with one attached hydrogen (secondary N) is 1. The molecular weight excluding hydrogens is 246 g/mol. The van der Waals surface area contributed by atoms with Gasteiger partial charge in [0.25, 0.3) is 5.91 Å². The Morgan fingerprint density at radius 2 is 1.89 bits per heavy atom. The summed E-state index contributed by atoms with van der Waals surface area (Å²) in [5, 5.41) is 2.87. The SMILES string of the molecule is COc1ccc(NC(=O)c2cc(C)c(C)s2)cc1.